The molecule has 0 saturated carbocycles. The van der Waals surface area contributed by atoms with Crippen LogP contribution in [0.3, 0.4) is 0 Å². The number of aromatic nitrogens is 2. The van der Waals surface area contributed by atoms with E-state index in [0.29, 0.717) is 0 Å². The monoisotopic (exact) mass is 304 g/mol. The average Bonchev–Trinajstić information content (AvgIpc) is 2.98. The topological polar surface area (TPSA) is 25.8 Å². The quantitative estimate of drug-likeness (QED) is 0.683. The number of rotatable bonds is 3. The van der Waals surface area contributed by atoms with Gasteiger partial charge in [-0.2, -0.15) is 0 Å². The number of nitrogens with zero attached hydrogens (tertiary/aromatic N) is 2. The largest absolute Gasteiger partial charge is 0.263 e. The van der Waals surface area contributed by atoms with E-state index in [4.69, 9.17) is 0 Å². The first kappa shape index (κ1) is 14.5. The first-order valence-corrected chi connectivity index (χ1v) is 8.09. The van der Waals surface area contributed by atoms with Gasteiger partial charge in [0.05, 0.1) is 5.01 Å². The molecular weight excluding hydrogens is 288 g/mol. The Bertz CT molecular complexity index is 810. The Morgan fingerprint density at radius 2 is 1.82 bits per heavy atom. The lowest BCUT2D eigenvalue weighted by molar-refractivity contribution is 0.949. The maximum absolute atomic E-state index is 4.35. The Hall–Kier alpha value is -2.44. The van der Waals surface area contributed by atoms with Crippen LogP contribution in [0, 0.1) is 18.8 Å². The maximum atomic E-state index is 4.35. The lowest BCUT2D eigenvalue weighted by atomic mass is 10.0. The molecule has 1 aromatic carbocycles. The molecular formula is C19H16N2S. The van der Waals surface area contributed by atoms with Crippen LogP contribution in [0.25, 0.3) is 0 Å². The van der Waals surface area contributed by atoms with E-state index < -0.39 is 0 Å². The second-order valence-electron chi connectivity index (χ2n) is 5.07. The molecule has 3 rings (SSSR count). The van der Waals surface area contributed by atoms with Gasteiger partial charge in [0.1, 0.15) is 5.69 Å². The molecule has 22 heavy (non-hydrogen) atoms. The van der Waals surface area contributed by atoms with Crippen LogP contribution in [-0.4, -0.2) is 9.97 Å². The van der Waals surface area contributed by atoms with Crippen molar-refractivity contribution in [3.63, 3.8) is 0 Å². The molecule has 0 aliphatic heterocycles. The van der Waals surface area contributed by atoms with Gasteiger partial charge in [-0.05, 0) is 42.9 Å². The lowest BCUT2D eigenvalue weighted by Gasteiger charge is -2.02. The fourth-order valence-corrected chi connectivity index (χ4v) is 2.73. The van der Waals surface area contributed by atoms with Crippen molar-refractivity contribution in [2.45, 2.75) is 19.8 Å². The molecule has 0 spiro atoms. The Labute approximate surface area is 134 Å². The second kappa shape index (κ2) is 7.02. The van der Waals surface area contributed by atoms with Crippen molar-refractivity contribution in [3.05, 3.63) is 81.6 Å². The van der Waals surface area contributed by atoms with Gasteiger partial charge in [0.15, 0.2) is 0 Å². The summed E-state index contributed by atoms with van der Waals surface area (Å²) in [7, 11) is 0. The second-order valence-corrected chi connectivity index (χ2v) is 6.13. The zero-order valence-corrected chi connectivity index (χ0v) is 13.2. The van der Waals surface area contributed by atoms with Crippen molar-refractivity contribution in [2.24, 2.45) is 0 Å². The molecule has 2 aromatic heterocycles. The third-order valence-electron chi connectivity index (χ3n) is 3.29. The van der Waals surface area contributed by atoms with E-state index in [1.54, 1.807) is 17.5 Å². The van der Waals surface area contributed by atoms with E-state index in [1.807, 2.05) is 24.6 Å². The molecule has 0 radical (unpaired) electrons. The summed E-state index contributed by atoms with van der Waals surface area (Å²) in [6, 6.07) is 12.6. The summed E-state index contributed by atoms with van der Waals surface area (Å²) in [4.78, 5) is 8.64. The van der Waals surface area contributed by atoms with Gasteiger partial charge in [-0.25, -0.2) is 4.98 Å². The highest BCUT2D eigenvalue weighted by molar-refractivity contribution is 7.09. The molecule has 3 heteroatoms. The van der Waals surface area contributed by atoms with E-state index in [-0.39, 0.29) is 0 Å². The predicted octanol–water partition coefficient (Wildman–Crippen LogP) is 4.03. The number of hydrogen-bond acceptors (Lipinski definition) is 3. The molecule has 0 aliphatic carbocycles. The Morgan fingerprint density at radius 3 is 2.59 bits per heavy atom. The first-order chi connectivity index (χ1) is 10.8. The molecule has 108 valence electrons. The minimum Gasteiger partial charge on any atom is -0.263 e. The van der Waals surface area contributed by atoms with E-state index in [1.165, 1.54) is 11.1 Å². The molecule has 0 amide bonds. The summed E-state index contributed by atoms with van der Waals surface area (Å²) < 4.78 is 0. The molecule has 2 nitrogen and oxygen atoms in total. The van der Waals surface area contributed by atoms with Crippen molar-refractivity contribution in [2.75, 3.05) is 0 Å². The Morgan fingerprint density at radius 1 is 1.00 bits per heavy atom. The van der Waals surface area contributed by atoms with Crippen LogP contribution in [0.4, 0.5) is 0 Å². The van der Waals surface area contributed by atoms with Gasteiger partial charge in [0, 0.05) is 23.3 Å². The van der Waals surface area contributed by atoms with Crippen LogP contribution < -0.4 is 0 Å². The van der Waals surface area contributed by atoms with Gasteiger partial charge in [0.25, 0.3) is 0 Å². The van der Waals surface area contributed by atoms with Crippen LogP contribution in [0.5, 0.6) is 0 Å². The van der Waals surface area contributed by atoms with E-state index in [2.05, 4.69) is 52.1 Å². The molecule has 3 aromatic rings. The summed E-state index contributed by atoms with van der Waals surface area (Å²) in [6.07, 6.45) is 5.71. The van der Waals surface area contributed by atoms with Gasteiger partial charge in [-0.1, -0.05) is 36.3 Å². The standard InChI is InChI=1S/C19H16N2S/c1-15-21-19(14-22-15)10-9-18-11-17(12-20-13-18)8-7-16-5-3-2-4-6-16/h2-6,11-14H,7-8H2,1H3. The van der Waals surface area contributed by atoms with Crippen molar-refractivity contribution in [1.82, 2.24) is 9.97 Å². The van der Waals surface area contributed by atoms with Crippen LogP contribution in [0.1, 0.15) is 27.4 Å². The smallest absolute Gasteiger partial charge is 0.124 e. The highest BCUT2D eigenvalue weighted by Crippen LogP contribution is 2.09. The summed E-state index contributed by atoms with van der Waals surface area (Å²) in [5.41, 5.74) is 4.33. The minimum atomic E-state index is 0.831. The third kappa shape index (κ3) is 4.03. The van der Waals surface area contributed by atoms with Gasteiger partial charge >= 0.3 is 0 Å². The fraction of sp³-hybridized carbons (Fsp3) is 0.158. The molecule has 0 atom stereocenters. The summed E-state index contributed by atoms with van der Waals surface area (Å²) in [5, 5.41) is 3.02. The molecule has 0 N–H and O–H groups in total. The molecule has 0 fully saturated rings. The third-order valence-corrected chi connectivity index (χ3v) is 4.07. The van der Waals surface area contributed by atoms with Gasteiger partial charge in [0.2, 0.25) is 0 Å². The van der Waals surface area contributed by atoms with Gasteiger partial charge in [-0.3, -0.25) is 4.98 Å². The van der Waals surface area contributed by atoms with Gasteiger partial charge < -0.3 is 0 Å². The van der Waals surface area contributed by atoms with Crippen molar-refractivity contribution in [1.29, 1.82) is 0 Å². The van der Waals surface area contributed by atoms with Crippen LogP contribution in [0.2, 0.25) is 0 Å². The van der Waals surface area contributed by atoms with Crippen molar-refractivity contribution in [3.8, 4) is 11.8 Å². The van der Waals surface area contributed by atoms with E-state index >= 15 is 0 Å². The van der Waals surface area contributed by atoms with Crippen LogP contribution in [0.15, 0.2) is 54.2 Å². The van der Waals surface area contributed by atoms with Gasteiger partial charge in [-0.15, -0.1) is 11.3 Å². The summed E-state index contributed by atoms with van der Waals surface area (Å²) in [6.45, 7) is 1.99. The fourth-order valence-electron chi connectivity index (χ4n) is 2.18. The maximum Gasteiger partial charge on any atom is 0.124 e. The van der Waals surface area contributed by atoms with Crippen LogP contribution in [-0.2, 0) is 12.8 Å². The SMILES string of the molecule is Cc1nc(C#Cc2cncc(CCc3ccccc3)c2)cs1. The normalized spacial score (nSPS) is 10.0. The molecule has 0 saturated heterocycles. The lowest BCUT2D eigenvalue weighted by Crippen LogP contribution is -1.93. The van der Waals surface area contributed by atoms with E-state index in [9.17, 15) is 0 Å². The highest BCUT2D eigenvalue weighted by atomic mass is 32.1. The minimum absolute atomic E-state index is 0.831. The number of thiazole rings is 1. The predicted molar refractivity (Wildman–Crippen MR) is 90.9 cm³/mol. The number of hydrogen-bond donors (Lipinski definition) is 0. The first-order valence-electron chi connectivity index (χ1n) is 7.21. The average molecular weight is 304 g/mol. The van der Waals surface area contributed by atoms with Crippen molar-refractivity contribution < 1.29 is 0 Å². The summed E-state index contributed by atoms with van der Waals surface area (Å²) >= 11 is 1.62. The number of benzene rings is 1. The van der Waals surface area contributed by atoms with Crippen molar-refractivity contribution >= 4 is 11.3 Å². The Kier molecular flexibility index (Phi) is 4.62. The zero-order valence-electron chi connectivity index (χ0n) is 12.4. The van der Waals surface area contributed by atoms with Crippen LogP contribution >= 0.6 is 11.3 Å². The van der Waals surface area contributed by atoms with E-state index in [0.717, 1.165) is 29.1 Å². The Balaban J connectivity index is 1.69. The molecule has 0 bridgehead atoms. The summed E-state index contributed by atoms with van der Waals surface area (Å²) in [5.74, 6) is 6.24. The zero-order chi connectivity index (χ0) is 15.2. The molecule has 2 heterocycles. The molecule has 0 unspecified atom stereocenters. The molecule has 0 aliphatic rings. The highest BCUT2D eigenvalue weighted by Gasteiger charge is 1.98. The number of aryl methyl sites for hydroxylation is 3. The number of pyridine rings is 1.